The summed E-state index contributed by atoms with van der Waals surface area (Å²) >= 11 is 6.15. The molecule has 1 saturated carbocycles. The Kier molecular flexibility index (Phi) is 6.09. The van der Waals surface area contributed by atoms with Crippen LogP contribution in [0.5, 0.6) is 0 Å². The van der Waals surface area contributed by atoms with Crippen LogP contribution in [0.25, 0.3) is 0 Å². The number of amides is 5. The van der Waals surface area contributed by atoms with Crippen LogP contribution in [0.4, 0.5) is 11.4 Å². The van der Waals surface area contributed by atoms with Crippen molar-refractivity contribution in [2.75, 3.05) is 10.6 Å². The number of hydrogen-bond acceptors (Lipinski definition) is 6. The molecule has 0 bridgehead atoms. The lowest BCUT2D eigenvalue weighted by Crippen LogP contribution is -2.54. The molecule has 9 nitrogen and oxygen atoms in total. The number of benzene rings is 2. The molecule has 5 rings (SSSR count). The number of nitrogens with zero attached hydrogens (tertiary/aromatic N) is 1. The third kappa shape index (κ3) is 4.61. The molecule has 5 amide bonds. The molecule has 2 aromatic carbocycles. The van der Waals surface area contributed by atoms with Crippen LogP contribution in [0.1, 0.15) is 36.3 Å². The predicted octanol–water partition coefficient (Wildman–Crippen LogP) is 2.86. The van der Waals surface area contributed by atoms with Crippen LogP contribution in [0.15, 0.2) is 54.2 Å². The highest BCUT2D eigenvalue weighted by atomic mass is 35.5. The third-order valence-electron chi connectivity index (χ3n) is 6.64. The molecule has 3 aliphatic rings. The topological polar surface area (TPSA) is 125 Å². The molecule has 0 radical (unpaired) electrons. The second kappa shape index (κ2) is 9.23. The van der Waals surface area contributed by atoms with Crippen molar-refractivity contribution < 1.29 is 24.0 Å². The Morgan fingerprint density at radius 2 is 1.89 bits per heavy atom. The van der Waals surface area contributed by atoms with Crippen molar-refractivity contribution in [2.24, 2.45) is 5.92 Å². The van der Waals surface area contributed by atoms with Crippen LogP contribution < -0.4 is 16.0 Å². The summed E-state index contributed by atoms with van der Waals surface area (Å²) in [6.45, 7) is 1.89. The van der Waals surface area contributed by atoms with E-state index in [0.29, 0.717) is 22.8 Å². The maximum Gasteiger partial charge on any atom is 0.278 e. The molecule has 1 saturated heterocycles. The molecule has 1 aliphatic carbocycles. The first-order chi connectivity index (χ1) is 17.2. The number of piperidine rings is 1. The first-order valence-corrected chi connectivity index (χ1v) is 12.0. The van der Waals surface area contributed by atoms with Crippen LogP contribution in [0.2, 0.25) is 5.02 Å². The summed E-state index contributed by atoms with van der Waals surface area (Å²) in [6.07, 6.45) is 2.00. The minimum Gasteiger partial charge on any atom is -0.351 e. The molecule has 10 heteroatoms. The van der Waals surface area contributed by atoms with Gasteiger partial charge in [-0.25, -0.2) is 0 Å². The fraction of sp³-hybridized carbons (Fsp3) is 0.269. The predicted molar refractivity (Wildman–Crippen MR) is 132 cm³/mol. The van der Waals surface area contributed by atoms with Crippen LogP contribution in [0.3, 0.4) is 0 Å². The van der Waals surface area contributed by atoms with E-state index in [2.05, 4.69) is 16.0 Å². The van der Waals surface area contributed by atoms with E-state index in [1.54, 1.807) is 12.1 Å². The zero-order valence-corrected chi connectivity index (χ0v) is 20.1. The van der Waals surface area contributed by atoms with Gasteiger partial charge in [-0.15, -0.1) is 0 Å². The molecule has 2 aliphatic heterocycles. The average molecular weight is 507 g/mol. The van der Waals surface area contributed by atoms with E-state index in [1.165, 1.54) is 0 Å². The van der Waals surface area contributed by atoms with Gasteiger partial charge in [-0.3, -0.25) is 34.2 Å². The smallest absolute Gasteiger partial charge is 0.278 e. The second-order valence-corrected chi connectivity index (χ2v) is 9.60. The zero-order valence-electron chi connectivity index (χ0n) is 19.3. The first kappa shape index (κ1) is 23.7. The van der Waals surface area contributed by atoms with Gasteiger partial charge >= 0.3 is 0 Å². The lowest BCUT2D eigenvalue weighted by molar-refractivity contribution is -0.149. The number of nitrogens with one attached hydrogen (secondary N) is 3. The fourth-order valence-electron chi connectivity index (χ4n) is 4.56. The number of aryl methyl sites for hydroxylation is 1. The Bertz CT molecular complexity index is 1350. The first-order valence-electron chi connectivity index (χ1n) is 11.6. The van der Waals surface area contributed by atoms with Crippen molar-refractivity contribution in [1.29, 1.82) is 0 Å². The molecule has 3 N–H and O–H groups in total. The molecular formula is C26H23ClN4O5. The number of carbonyl (C=O) groups excluding carboxylic acids is 5. The second-order valence-electron chi connectivity index (χ2n) is 9.19. The van der Waals surface area contributed by atoms with Crippen molar-refractivity contribution in [1.82, 2.24) is 10.2 Å². The molecule has 184 valence electrons. The van der Waals surface area contributed by atoms with Crippen LogP contribution in [-0.4, -0.2) is 40.5 Å². The standard InChI is InChI=1S/C26H23ClN4O5/c1-13-5-6-16(10-19(13)27)29-24(34)18-11-17(18)14-3-2-4-15(9-14)28-20-12-23(33)31(26(20)36)21-7-8-22(32)30-25(21)35/h2-6,9-10,12,17-18,21,28H,7-8,11H2,1H3,(H,29,34)(H,30,32,35)/t17-,18+,21?/m0/s1. The zero-order chi connectivity index (χ0) is 25.6. The molecule has 0 spiro atoms. The maximum absolute atomic E-state index is 12.9. The minimum absolute atomic E-state index is 0.0301. The number of halogens is 1. The monoisotopic (exact) mass is 506 g/mol. The lowest BCUT2D eigenvalue weighted by atomic mass is 10.0. The lowest BCUT2D eigenvalue weighted by Gasteiger charge is -2.28. The van der Waals surface area contributed by atoms with Crippen molar-refractivity contribution in [2.45, 2.75) is 38.1 Å². The normalized spacial score (nSPS) is 23.3. The molecule has 1 unspecified atom stereocenters. The van der Waals surface area contributed by atoms with E-state index < -0.39 is 29.7 Å². The van der Waals surface area contributed by atoms with Gasteiger partial charge in [0, 0.05) is 34.8 Å². The van der Waals surface area contributed by atoms with Crippen molar-refractivity contribution in [3.63, 3.8) is 0 Å². The van der Waals surface area contributed by atoms with Gasteiger partial charge in [-0.2, -0.15) is 0 Å². The Morgan fingerprint density at radius 3 is 2.64 bits per heavy atom. The van der Waals surface area contributed by atoms with Gasteiger partial charge in [0.1, 0.15) is 11.7 Å². The van der Waals surface area contributed by atoms with Crippen LogP contribution in [-0.2, 0) is 24.0 Å². The Balaban J connectivity index is 1.23. The van der Waals surface area contributed by atoms with E-state index >= 15 is 0 Å². The van der Waals surface area contributed by atoms with E-state index in [4.69, 9.17) is 11.6 Å². The minimum atomic E-state index is -1.02. The highest BCUT2D eigenvalue weighted by Crippen LogP contribution is 2.48. The number of rotatable bonds is 6. The number of carbonyl (C=O) groups is 5. The third-order valence-corrected chi connectivity index (χ3v) is 7.04. The highest BCUT2D eigenvalue weighted by molar-refractivity contribution is 6.31. The summed E-state index contributed by atoms with van der Waals surface area (Å²) in [5.41, 5.74) is 3.14. The SMILES string of the molecule is Cc1ccc(NC(=O)[C@@H]2C[C@H]2c2cccc(NC3=CC(=O)N(C4CCC(=O)NC4=O)C3=O)c2)cc1Cl. The van der Waals surface area contributed by atoms with Gasteiger partial charge < -0.3 is 10.6 Å². The van der Waals surface area contributed by atoms with E-state index in [9.17, 15) is 24.0 Å². The molecule has 2 heterocycles. The maximum atomic E-state index is 12.9. The highest BCUT2D eigenvalue weighted by Gasteiger charge is 2.44. The number of imide groups is 2. The van der Waals surface area contributed by atoms with Gasteiger partial charge in [-0.1, -0.05) is 29.8 Å². The van der Waals surface area contributed by atoms with Crippen molar-refractivity contribution in [3.05, 3.63) is 70.4 Å². The summed E-state index contributed by atoms with van der Waals surface area (Å²) in [5.74, 6) is -2.55. The average Bonchev–Trinajstić information content (AvgIpc) is 3.59. The van der Waals surface area contributed by atoms with Gasteiger partial charge in [0.05, 0.1) is 0 Å². The fourth-order valence-corrected chi connectivity index (χ4v) is 4.74. The van der Waals surface area contributed by atoms with E-state index in [-0.39, 0.29) is 36.3 Å². The quantitative estimate of drug-likeness (QED) is 0.517. The molecular weight excluding hydrogens is 484 g/mol. The summed E-state index contributed by atoms with van der Waals surface area (Å²) in [6, 6.07) is 11.7. The Morgan fingerprint density at radius 1 is 1.08 bits per heavy atom. The Labute approximate surface area is 211 Å². The molecule has 36 heavy (non-hydrogen) atoms. The van der Waals surface area contributed by atoms with Gasteiger partial charge in [0.15, 0.2) is 0 Å². The van der Waals surface area contributed by atoms with E-state index in [1.807, 2.05) is 37.3 Å². The Hall–Kier alpha value is -3.98. The molecule has 0 aromatic heterocycles. The van der Waals surface area contributed by atoms with Gasteiger partial charge in [0.25, 0.3) is 11.8 Å². The summed E-state index contributed by atoms with van der Waals surface area (Å²) in [5, 5.41) is 8.63. The largest absolute Gasteiger partial charge is 0.351 e. The number of anilines is 2. The van der Waals surface area contributed by atoms with Crippen molar-refractivity contribution >= 4 is 52.5 Å². The number of hydrogen-bond donors (Lipinski definition) is 3. The summed E-state index contributed by atoms with van der Waals surface area (Å²) in [7, 11) is 0. The molecule has 3 atom stereocenters. The van der Waals surface area contributed by atoms with Gasteiger partial charge in [-0.05, 0) is 61.1 Å². The molecule has 2 fully saturated rings. The molecule has 2 aromatic rings. The van der Waals surface area contributed by atoms with Crippen molar-refractivity contribution in [3.8, 4) is 0 Å². The van der Waals surface area contributed by atoms with Gasteiger partial charge in [0.2, 0.25) is 17.7 Å². The van der Waals surface area contributed by atoms with Crippen LogP contribution >= 0.6 is 11.6 Å². The summed E-state index contributed by atoms with van der Waals surface area (Å²) < 4.78 is 0. The van der Waals surface area contributed by atoms with E-state index in [0.717, 1.165) is 22.1 Å². The summed E-state index contributed by atoms with van der Waals surface area (Å²) in [4.78, 5) is 62.5. The van der Waals surface area contributed by atoms with Crippen LogP contribution in [0, 0.1) is 12.8 Å².